The van der Waals surface area contributed by atoms with Gasteiger partial charge in [0.1, 0.15) is 5.60 Å². The molecule has 1 aromatic heterocycles. The summed E-state index contributed by atoms with van der Waals surface area (Å²) < 4.78 is 10.9. The Labute approximate surface area is 160 Å². The third-order valence-corrected chi connectivity index (χ3v) is 4.49. The van der Waals surface area contributed by atoms with Crippen molar-refractivity contribution in [1.29, 1.82) is 0 Å². The highest BCUT2D eigenvalue weighted by atomic mass is 16.6. The summed E-state index contributed by atoms with van der Waals surface area (Å²) in [5, 5.41) is 2.89. The number of anilines is 1. The van der Waals surface area contributed by atoms with Crippen molar-refractivity contribution in [3.63, 3.8) is 0 Å². The number of fused-ring (bicyclic) bond motifs is 1. The molecule has 7 nitrogen and oxygen atoms in total. The number of carbonyl (C=O) groups is 1. The Bertz CT molecular complexity index is 803. The van der Waals surface area contributed by atoms with Gasteiger partial charge in [-0.15, -0.1) is 0 Å². The van der Waals surface area contributed by atoms with Gasteiger partial charge < -0.3 is 19.7 Å². The van der Waals surface area contributed by atoms with Gasteiger partial charge in [0.25, 0.3) is 5.88 Å². The number of alkyl carbamates (subject to hydrolysis) is 1. The molecular formula is C20H28N4O3. The molecule has 0 saturated carbocycles. The Balaban J connectivity index is 1.81. The Morgan fingerprint density at radius 3 is 2.59 bits per heavy atom. The fraction of sp³-hybridized carbons (Fsp3) is 0.550. The van der Waals surface area contributed by atoms with Crippen molar-refractivity contribution in [3.8, 4) is 5.88 Å². The van der Waals surface area contributed by atoms with Crippen LogP contribution in [0.3, 0.4) is 0 Å². The molecule has 1 fully saturated rings. The molecule has 1 aliphatic rings. The Morgan fingerprint density at radius 1 is 1.22 bits per heavy atom. The van der Waals surface area contributed by atoms with Gasteiger partial charge in [-0.1, -0.05) is 12.1 Å². The number of benzene rings is 1. The molecule has 0 radical (unpaired) electrons. The Morgan fingerprint density at radius 2 is 1.93 bits per heavy atom. The standard InChI is InChI=1S/C20H28N4O3/c1-20(2,3)27-19(25)21-13-14-9-7-8-12-24(14)17-18(26-4)23-16-11-6-5-10-15(16)22-17/h5-6,10-11,14H,7-9,12-13H2,1-4H3,(H,21,25)/t14-/m0/s1. The molecule has 0 unspecified atom stereocenters. The summed E-state index contributed by atoms with van der Waals surface area (Å²) in [6, 6.07) is 7.88. The largest absolute Gasteiger partial charge is 0.478 e. The molecule has 146 valence electrons. The smallest absolute Gasteiger partial charge is 0.407 e. The summed E-state index contributed by atoms with van der Waals surface area (Å²) in [5.41, 5.74) is 1.12. The van der Waals surface area contributed by atoms with E-state index in [1.807, 2.05) is 45.0 Å². The second-order valence-corrected chi connectivity index (χ2v) is 7.77. The number of nitrogens with one attached hydrogen (secondary N) is 1. The highest BCUT2D eigenvalue weighted by Crippen LogP contribution is 2.31. The zero-order valence-corrected chi connectivity index (χ0v) is 16.5. The van der Waals surface area contributed by atoms with Crippen LogP contribution in [0.2, 0.25) is 0 Å². The van der Waals surface area contributed by atoms with Gasteiger partial charge in [0, 0.05) is 19.1 Å². The number of nitrogens with zero attached hydrogens (tertiary/aromatic N) is 3. The Kier molecular flexibility index (Phi) is 5.68. The molecule has 7 heteroatoms. The molecule has 1 atom stereocenters. The maximum atomic E-state index is 12.0. The van der Waals surface area contributed by atoms with Crippen LogP contribution >= 0.6 is 0 Å². The lowest BCUT2D eigenvalue weighted by Crippen LogP contribution is -2.48. The van der Waals surface area contributed by atoms with Crippen molar-refractivity contribution >= 4 is 22.9 Å². The highest BCUT2D eigenvalue weighted by molar-refractivity contribution is 5.77. The number of piperidine rings is 1. The van der Waals surface area contributed by atoms with Crippen LogP contribution < -0.4 is 15.0 Å². The van der Waals surface area contributed by atoms with E-state index in [4.69, 9.17) is 14.5 Å². The topological polar surface area (TPSA) is 76.6 Å². The van der Waals surface area contributed by atoms with E-state index >= 15 is 0 Å². The maximum absolute atomic E-state index is 12.0. The number of ether oxygens (including phenoxy) is 2. The molecule has 1 saturated heterocycles. The zero-order chi connectivity index (χ0) is 19.4. The van der Waals surface area contributed by atoms with Gasteiger partial charge in [0.15, 0.2) is 5.82 Å². The first-order valence-corrected chi connectivity index (χ1v) is 9.41. The van der Waals surface area contributed by atoms with Gasteiger partial charge in [-0.3, -0.25) is 0 Å². The third-order valence-electron chi connectivity index (χ3n) is 4.49. The molecule has 0 aliphatic carbocycles. The highest BCUT2D eigenvalue weighted by Gasteiger charge is 2.28. The minimum absolute atomic E-state index is 0.121. The van der Waals surface area contributed by atoms with E-state index < -0.39 is 11.7 Å². The van der Waals surface area contributed by atoms with Crippen molar-refractivity contribution in [2.45, 2.75) is 51.7 Å². The van der Waals surface area contributed by atoms with Crippen molar-refractivity contribution in [2.75, 3.05) is 25.1 Å². The van der Waals surface area contributed by atoms with Crippen LogP contribution in [-0.4, -0.2) is 47.9 Å². The molecule has 3 rings (SSSR count). The van der Waals surface area contributed by atoms with E-state index in [1.165, 1.54) is 0 Å². The van der Waals surface area contributed by atoms with Gasteiger partial charge >= 0.3 is 6.09 Å². The van der Waals surface area contributed by atoms with Crippen LogP contribution in [0.1, 0.15) is 40.0 Å². The lowest BCUT2D eigenvalue weighted by molar-refractivity contribution is 0.0523. The average Bonchev–Trinajstić information content (AvgIpc) is 2.64. The van der Waals surface area contributed by atoms with Gasteiger partial charge in [-0.25, -0.2) is 14.8 Å². The number of hydrogen-bond acceptors (Lipinski definition) is 6. The fourth-order valence-electron chi connectivity index (χ4n) is 3.31. The van der Waals surface area contributed by atoms with Crippen molar-refractivity contribution < 1.29 is 14.3 Å². The molecule has 2 aromatic rings. The maximum Gasteiger partial charge on any atom is 0.407 e. The minimum Gasteiger partial charge on any atom is -0.478 e. The van der Waals surface area contributed by atoms with E-state index in [0.29, 0.717) is 12.4 Å². The molecule has 1 aliphatic heterocycles. The summed E-state index contributed by atoms with van der Waals surface area (Å²) in [6.07, 6.45) is 2.75. The number of hydrogen-bond donors (Lipinski definition) is 1. The summed E-state index contributed by atoms with van der Waals surface area (Å²) >= 11 is 0. The number of para-hydroxylation sites is 2. The number of rotatable bonds is 4. The first-order chi connectivity index (χ1) is 12.9. The lowest BCUT2D eigenvalue weighted by atomic mass is 10.0. The first-order valence-electron chi connectivity index (χ1n) is 9.41. The monoisotopic (exact) mass is 372 g/mol. The summed E-state index contributed by atoms with van der Waals surface area (Å²) in [4.78, 5) is 23.6. The number of aromatic nitrogens is 2. The van der Waals surface area contributed by atoms with Gasteiger partial charge in [-0.05, 0) is 52.2 Å². The molecule has 0 spiro atoms. The van der Waals surface area contributed by atoms with E-state index in [0.717, 1.165) is 42.7 Å². The van der Waals surface area contributed by atoms with Crippen LogP contribution in [0.15, 0.2) is 24.3 Å². The van der Waals surface area contributed by atoms with Crippen LogP contribution in [0.25, 0.3) is 11.0 Å². The van der Waals surface area contributed by atoms with Gasteiger partial charge in [-0.2, -0.15) is 0 Å². The number of carbonyl (C=O) groups excluding carboxylic acids is 1. The normalized spacial score (nSPS) is 17.6. The second-order valence-electron chi connectivity index (χ2n) is 7.77. The predicted octanol–water partition coefficient (Wildman–Crippen LogP) is 3.52. The molecule has 2 heterocycles. The molecule has 27 heavy (non-hydrogen) atoms. The SMILES string of the molecule is COc1nc2ccccc2nc1N1CCCC[C@H]1CNC(=O)OC(C)(C)C. The van der Waals surface area contributed by atoms with Crippen molar-refractivity contribution in [1.82, 2.24) is 15.3 Å². The average molecular weight is 372 g/mol. The van der Waals surface area contributed by atoms with E-state index in [9.17, 15) is 4.79 Å². The van der Waals surface area contributed by atoms with Crippen LogP contribution in [0.5, 0.6) is 5.88 Å². The van der Waals surface area contributed by atoms with E-state index in [1.54, 1.807) is 7.11 Å². The predicted molar refractivity (Wildman–Crippen MR) is 105 cm³/mol. The van der Waals surface area contributed by atoms with Crippen LogP contribution in [0, 0.1) is 0 Å². The van der Waals surface area contributed by atoms with Crippen molar-refractivity contribution in [3.05, 3.63) is 24.3 Å². The molecule has 0 bridgehead atoms. The number of amides is 1. The molecule has 1 aromatic carbocycles. The Hall–Kier alpha value is -2.57. The summed E-state index contributed by atoms with van der Waals surface area (Å²) in [6.45, 7) is 6.91. The van der Waals surface area contributed by atoms with E-state index in [-0.39, 0.29) is 6.04 Å². The fourth-order valence-corrected chi connectivity index (χ4v) is 3.31. The third kappa shape index (κ3) is 4.78. The van der Waals surface area contributed by atoms with Gasteiger partial charge in [0.2, 0.25) is 0 Å². The van der Waals surface area contributed by atoms with Crippen LogP contribution in [-0.2, 0) is 4.74 Å². The summed E-state index contributed by atoms with van der Waals surface area (Å²) in [5.74, 6) is 1.24. The summed E-state index contributed by atoms with van der Waals surface area (Å²) in [7, 11) is 1.61. The first kappa shape index (κ1) is 19.2. The van der Waals surface area contributed by atoms with Crippen molar-refractivity contribution in [2.24, 2.45) is 0 Å². The molecule has 1 N–H and O–H groups in total. The lowest BCUT2D eigenvalue weighted by Gasteiger charge is -2.37. The quantitative estimate of drug-likeness (QED) is 0.885. The molecule has 1 amide bonds. The number of methoxy groups -OCH3 is 1. The second kappa shape index (κ2) is 7.98. The van der Waals surface area contributed by atoms with E-state index in [2.05, 4.69) is 15.2 Å². The van der Waals surface area contributed by atoms with Gasteiger partial charge in [0.05, 0.1) is 18.1 Å². The zero-order valence-electron chi connectivity index (χ0n) is 16.5. The minimum atomic E-state index is -0.511. The van der Waals surface area contributed by atoms with Crippen LogP contribution in [0.4, 0.5) is 10.6 Å². The molecular weight excluding hydrogens is 344 g/mol.